The summed E-state index contributed by atoms with van der Waals surface area (Å²) in [7, 11) is 0. The number of hydrogen-bond acceptors (Lipinski definition) is 2. The van der Waals surface area contributed by atoms with Crippen molar-refractivity contribution in [2.24, 2.45) is 17.8 Å². The molecule has 0 aliphatic heterocycles. The van der Waals surface area contributed by atoms with E-state index in [-0.39, 0.29) is 0 Å². The van der Waals surface area contributed by atoms with Gasteiger partial charge in [0.1, 0.15) is 5.76 Å². The molecule has 4 saturated carbocycles. The lowest BCUT2D eigenvalue weighted by Gasteiger charge is -2.57. The fraction of sp³-hybridized carbons (Fsp3) is 0.524. The van der Waals surface area contributed by atoms with Gasteiger partial charge < -0.3 is 9.73 Å². The van der Waals surface area contributed by atoms with Crippen molar-refractivity contribution in [1.82, 2.24) is 5.32 Å². The molecule has 2 aromatic rings. The average molecular weight is 307 g/mol. The van der Waals surface area contributed by atoms with Crippen LogP contribution in [0.3, 0.4) is 0 Å². The van der Waals surface area contributed by atoms with Crippen molar-refractivity contribution in [3.63, 3.8) is 0 Å². The van der Waals surface area contributed by atoms with Crippen LogP contribution in [0.2, 0.25) is 0 Å². The second-order valence-corrected chi connectivity index (χ2v) is 8.23. The SMILES string of the molecule is c1coc(-c2ccc(CNC34CC5CC(CC(C5)C3)C4)cc2)c1. The third kappa shape index (κ3) is 2.53. The monoisotopic (exact) mass is 307 g/mol. The molecule has 0 atom stereocenters. The van der Waals surface area contributed by atoms with Crippen LogP contribution < -0.4 is 5.32 Å². The van der Waals surface area contributed by atoms with Gasteiger partial charge in [0.15, 0.2) is 0 Å². The zero-order valence-corrected chi connectivity index (χ0v) is 13.6. The van der Waals surface area contributed by atoms with Crippen molar-refractivity contribution in [3.8, 4) is 11.3 Å². The summed E-state index contributed by atoms with van der Waals surface area (Å²) >= 11 is 0. The van der Waals surface area contributed by atoms with E-state index in [0.29, 0.717) is 5.54 Å². The summed E-state index contributed by atoms with van der Waals surface area (Å²) in [6, 6.07) is 12.8. The molecule has 4 aliphatic carbocycles. The topological polar surface area (TPSA) is 25.2 Å². The minimum Gasteiger partial charge on any atom is -0.464 e. The zero-order chi connectivity index (χ0) is 15.3. The van der Waals surface area contributed by atoms with E-state index in [9.17, 15) is 0 Å². The fourth-order valence-electron chi connectivity index (χ4n) is 5.85. The predicted molar refractivity (Wildman–Crippen MR) is 91.9 cm³/mol. The first-order valence-electron chi connectivity index (χ1n) is 9.16. The van der Waals surface area contributed by atoms with Crippen molar-refractivity contribution >= 4 is 0 Å². The molecule has 120 valence electrons. The minimum absolute atomic E-state index is 0.453. The molecular weight excluding hydrogens is 282 g/mol. The summed E-state index contributed by atoms with van der Waals surface area (Å²) < 4.78 is 5.47. The van der Waals surface area contributed by atoms with E-state index in [1.165, 1.54) is 44.1 Å². The molecule has 2 nitrogen and oxygen atoms in total. The summed E-state index contributed by atoms with van der Waals surface area (Å²) in [5, 5.41) is 3.97. The van der Waals surface area contributed by atoms with Gasteiger partial charge in [-0.25, -0.2) is 0 Å². The zero-order valence-electron chi connectivity index (χ0n) is 13.6. The number of nitrogens with one attached hydrogen (secondary N) is 1. The smallest absolute Gasteiger partial charge is 0.133 e. The van der Waals surface area contributed by atoms with Crippen molar-refractivity contribution in [2.75, 3.05) is 0 Å². The van der Waals surface area contributed by atoms with Gasteiger partial charge in [0, 0.05) is 17.6 Å². The van der Waals surface area contributed by atoms with Gasteiger partial charge in [-0.15, -0.1) is 0 Å². The van der Waals surface area contributed by atoms with E-state index < -0.39 is 0 Å². The van der Waals surface area contributed by atoms with Crippen LogP contribution in [0.25, 0.3) is 11.3 Å². The summed E-state index contributed by atoms with van der Waals surface area (Å²) in [6.45, 7) is 1.00. The summed E-state index contributed by atoms with van der Waals surface area (Å²) in [5.74, 6) is 3.98. The third-order valence-electron chi connectivity index (χ3n) is 6.47. The largest absolute Gasteiger partial charge is 0.464 e. The van der Waals surface area contributed by atoms with E-state index in [1.807, 2.05) is 12.1 Å². The van der Waals surface area contributed by atoms with E-state index in [1.54, 1.807) is 6.26 Å². The molecule has 0 radical (unpaired) electrons. The molecule has 0 unspecified atom stereocenters. The Kier molecular flexibility index (Phi) is 3.16. The highest BCUT2D eigenvalue weighted by atomic mass is 16.3. The van der Waals surface area contributed by atoms with Crippen LogP contribution in [-0.2, 0) is 6.54 Å². The Morgan fingerprint density at radius 1 is 0.913 bits per heavy atom. The van der Waals surface area contributed by atoms with Crippen LogP contribution in [-0.4, -0.2) is 5.54 Å². The number of benzene rings is 1. The van der Waals surface area contributed by atoms with Gasteiger partial charge in [-0.05, 0) is 74.0 Å². The summed E-state index contributed by atoms with van der Waals surface area (Å²) in [5.41, 5.74) is 3.00. The molecule has 0 saturated heterocycles. The Morgan fingerprint density at radius 2 is 1.57 bits per heavy atom. The van der Waals surface area contributed by atoms with E-state index in [2.05, 4.69) is 29.6 Å². The first-order chi connectivity index (χ1) is 11.3. The average Bonchev–Trinajstić information content (AvgIpc) is 3.07. The van der Waals surface area contributed by atoms with Crippen LogP contribution in [0.5, 0.6) is 0 Å². The normalized spacial score (nSPS) is 34.9. The maximum atomic E-state index is 5.47. The Balaban J connectivity index is 1.28. The Labute approximate surface area is 138 Å². The van der Waals surface area contributed by atoms with E-state index in [4.69, 9.17) is 4.42 Å². The second-order valence-electron chi connectivity index (χ2n) is 8.23. The Morgan fingerprint density at radius 3 is 2.13 bits per heavy atom. The minimum atomic E-state index is 0.453. The summed E-state index contributed by atoms with van der Waals surface area (Å²) in [6.07, 6.45) is 10.5. The van der Waals surface area contributed by atoms with Crippen molar-refractivity contribution < 1.29 is 4.42 Å². The molecule has 1 heterocycles. The maximum Gasteiger partial charge on any atom is 0.133 e. The standard InChI is InChI=1S/C21H25NO/c1-2-20(23-7-1)19-5-3-15(4-6-19)14-22-21-11-16-8-17(12-21)10-18(9-16)13-21/h1-7,16-18,22H,8-14H2. The molecule has 1 N–H and O–H groups in total. The van der Waals surface area contributed by atoms with Crippen molar-refractivity contribution in [1.29, 1.82) is 0 Å². The highest BCUT2D eigenvalue weighted by molar-refractivity contribution is 5.57. The molecule has 1 aromatic heterocycles. The fourth-order valence-corrected chi connectivity index (χ4v) is 5.85. The van der Waals surface area contributed by atoms with Gasteiger partial charge in [-0.1, -0.05) is 24.3 Å². The lowest BCUT2D eigenvalue weighted by Crippen LogP contribution is -2.58. The first kappa shape index (κ1) is 13.9. The Hall–Kier alpha value is -1.54. The lowest BCUT2D eigenvalue weighted by molar-refractivity contribution is -0.0206. The molecule has 1 aromatic carbocycles. The molecule has 4 aliphatic rings. The van der Waals surface area contributed by atoms with Gasteiger partial charge >= 0.3 is 0 Å². The predicted octanol–water partition coefficient (Wildman–Crippen LogP) is 5.01. The maximum absolute atomic E-state index is 5.47. The lowest BCUT2D eigenvalue weighted by atomic mass is 9.53. The molecule has 0 amide bonds. The van der Waals surface area contributed by atoms with Crippen LogP contribution in [0, 0.1) is 17.8 Å². The highest BCUT2D eigenvalue weighted by Crippen LogP contribution is 2.55. The molecule has 4 fully saturated rings. The molecule has 23 heavy (non-hydrogen) atoms. The molecule has 0 spiro atoms. The molecule has 4 bridgehead atoms. The van der Waals surface area contributed by atoms with Crippen LogP contribution in [0.4, 0.5) is 0 Å². The number of rotatable bonds is 4. The van der Waals surface area contributed by atoms with E-state index >= 15 is 0 Å². The highest BCUT2D eigenvalue weighted by Gasteiger charge is 2.50. The second kappa shape index (κ2) is 5.24. The van der Waals surface area contributed by atoms with Gasteiger partial charge in [-0.2, -0.15) is 0 Å². The third-order valence-corrected chi connectivity index (χ3v) is 6.47. The first-order valence-corrected chi connectivity index (χ1v) is 9.16. The van der Waals surface area contributed by atoms with Crippen molar-refractivity contribution in [2.45, 2.75) is 50.6 Å². The van der Waals surface area contributed by atoms with Gasteiger partial charge in [0.2, 0.25) is 0 Å². The van der Waals surface area contributed by atoms with Gasteiger partial charge in [-0.3, -0.25) is 0 Å². The van der Waals surface area contributed by atoms with Gasteiger partial charge in [0.05, 0.1) is 6.26 Å². The Bertz CT molecular complexity index is 635. The molecule has 2 heteroatoms. The van der Waals surface area contributed by atoms with Crippen LogP contribution >= 0.6 is 0 Å². The van der Waals surface area contributed by atoms with Crippen LogP contribution in [0.15, 0.2) is 47.1 Å². The molecular formula is C21H25NO. The van der Waals surface area contributed by atoms with Crippen molar-refractivity contribution in [3.05, 3.63) is 48.2 Å². The number of hydrogen-bond donors (Lipinski definition) is 1. The number of furan rings is 1. The van der Waals surface area contributed by atoms with E-state index in [0.717, 1.165) is 35.6 Å². The summed E-state index contributed by atoms with van der Waals surface area (Å²) in [4.78, 5) is 0. The van der Waals surface area contributed by atoms with Crippen LogP contribution in [0.1, 0.15) is 44.1 Å². The quantitative estimate of drug-likeness (QED) is 0.859. The molecule has 6 rings (SSSR count). The van der Waals surface area contributed by atoms with Gasteiger partial charge in [0.25, 0.3) is 0 Å².